The van der Waals surface area contributed by atoms with Gasteiger partial charge in [-0.15, -0.1) is 10.2 Å². The fraction of sp³-hybridized carbons (Fsp3) is 0.182. The highest BCUT2D eigenvalue weighted by molar-refractivity contribution is 5.60. The van der Waals surface area contributed by atoms with Crippen molar-refractivity contribution in [3.63, 3.8) is 0 Å². The van der Waals surface area contributed by atoms with Crippen LogP contribution in [0.1, 0.15) is 5.56 Å². The van der Waals surface area contributed by atoms with Crippen molar-refractivity contribution in [1.29, 1.82) is 0 Å². The van der Waals surface area contributed by atoms with Crippen molar-refractivity contribution in [3.05, 3.63) is 60.2 Å². The number of anilines is 3. The van der Waals surface area contributed by atoms with Gasteiger partial charge in [0.05, 0.1) is 18.2 Å². The molecular weight excluding hydrogens is 467 g/mol. The summed E-state index contributed by atoms with van der Waals surface area (Å²) in [5.41, 5.74) is 5.84. The van der Waals surface area contributed by atoms with Crippen molar-refractivity contribution in [2.24, 2.45) is 0 Å². The minimum absolute atomic E-state index is 0.00556. The molecule has 2 aromatic heterocycles. The number of methoxy groups -OCH3 is 1. The van der Waals surface area contributed by atoms with Gasteiger partial charge in [-0.25, -0.2) is 0 Å². The van der Waals surface area contributed by atoms with E-state index in [0.29, 0.717) is 30.4 Å². The zero-order valence-electron chi connectivity index (χ0n) is 18.3. The Kier molecular flexibility index (Phi) is 6.96. The van der Waals surface area contributed by atoms with Crippen molar-refractivity contribution in [1.82, 2.24) is 25.1 Å². The summed E-state index contributed by atoms with van der Waals surface area (Å²) in [7, 11) is 1.56. The summed E-state index contributed by atoms with van der Waals surface area (Å²) in [4.78, 5) is 10.9. The lowest BCUT2D eigenvalue weighted by Gasteiger charge is -2.09. The largest absolute Gasteiger partial charge is 0.475 e. The number of nitrogen functional groups attached to an aromatic ring is 1. The lowest BCUT2D eigenvalue weighted by molar-refractivity contribution is -0.137. The lowest BCUT2D eigenvalue weighted by Crippen LogP contribution is -2.07. The molecule has 10 nitrogen and oxygen atoms in total. The summed E-state index contributed by atoms with van der Waals surface area (Å²) < 4.78 is 54.8. The average Bonchev–Trinajstić information content (AvgIpc) is 3.27. The van der Waals surface area contributed by atoms with E-state index in [0.717, 1.165) is 12.1 Å². The number of hydrogen-bond donors (Lipinski definition) is 3. The first-order valence-corrected chi connectivity index (χ1v) is 10.2. The molecule has 0 radical (unpaired) electrons. The summed E-state index contributed by atoms with van der Waals surface area (Å²) in [5, 5.41) is 10.7. The van der Waals surface area contributed by atoms with E-state index in [-0.39, 0.29) is 29.3 Å². The van der Waals surface area contributed by atoms with Crippen molar-refractivity contribution < 1.29 is 27.4 Å². The highest BCUT2D eigenvalue weighted by Crippen LogP contribution is 2.31. The number of nitrogens with zero attached hydrogens (tertiary/aromatic N) is 4. The van der Waals surface area contributed by atoms with Crippen molar-refractivity contribution >= 4 is 17.6 Å². The molecule has 0 bridgehead atoms. The van der Waals surface area contributed by atoms with Crippen LogP contribution in [0.4, 0.5) is 30.8 Å². The van der Waals surface area contributed by atoms with Crippen LogP contribution in [0.5, 0.6) is 17.5 Å². The first-order valence-electron chi connectivity index (χ1n) is 10.2. The van der Waals surface area contributed by atoms with Gasteiger partial charge in [-0.2, -0.15) is 23.1 Å². The molecule has 0 aliphatic heterocycles. The number of nitrogens with two attached hydrogens (primary N) is 1. The standard InChI is InChI=1S/C22H20F3N7O3/c1-33-9-10-34-17-12-18(29-20(26)28-17)35-16-7-5-13(6-8-16)19-30-21(32-31-19)27-15-4-2-3-14(11-15)22(23,24)25/h2-8,11-12H,9-10H2,1H3,(H2,26,28,29)(H2,27,30,31,32). The minimum Gasteiger partial charge on any atom is -0.475 e. The molecule has 0 aliphatic carbocycles. The Balaban J connectivity index is 1.42. The number of H-pyrrole nitrogens is 1. The van der Waals surface area contributed by atoms with E-state index in [4.69, 9.17) is 19.9 Å². The molecular formula is C22H20F3N7O3. The van der Waals surface area contributed by atoms with E-state index < -0.39 is 11.7 Å². The molecule has 35 heavy (non-hydrogen) atoms. The molecule has 0 atom stereocenters. The van der Waals surface area contributed by atoms with Crippen LogP contribution in [0.15, 0.2) is 54.6 Å². The highest BCUT2D eigenvalue weighted by Gasteiger charge is 2.30. The van der Waals surface area contributed by atoms with Crippen LogP contribution in [0.2, 0.25) is 0 Å². The van der Waals surface area contributed by atoms with Gasteiger partial charge in [-0.05, 0) is 42.5 Å². The zero-order chi connectivity index (χ0) is 24.8. The third-order valence-corrected chi connectivity index (χ3v) is 4.52. The van der Waals surface area contributed by atoms with Gasteiger partial charge in [-0.3, -0.25) is 0 Å². The van der Waals surface area contributed by atoms with Gasteiger partial charge in [0.1, 0.15) is 12.4 Å². The molecule has 0 saturated heterocycles. The SMILES string of the molecule is COCCOc1cc(Oc2ccc(-c3nnc(Nc4cccc(C(F)(F)F)c4)[nH]3)cc2)nc(N)n1. The van der Waals surface area contributed by atoms with Crippen LogP contribution in [-0.4, -0.2) is 45.5 Å². The number of rotatable bonds is 9. The fourth-order valence-corrected chi connectivity index (χ4v) is 2.94. The minimum atomic E-state index is -4.44. The molecule has 4 N–H and O–H groups in total. The Labute approximate surface area is 197 Å². The van der Waals surface area contributed by atoms with Crippen molar-refractivity contribution in [3.8, 4) is 28.9 Å². The second-order valence-electron chi connectivity index (χ2n) is 7.10. The third-order valence-electron chi connectivity index (χ3n) is 4.52. The van der Waals surface area contributed by atoms with Crippen LogP contribution < -0.4 is 20.5 Å². The topological polar surface area (TPSA) is 133 Å². The van der Waals surface area contributed by atoms with Gasteiger partial charge in [0.15, 0.2) is 5.82 Å². The van der Waals surface area contributed by atoms with Crippen LogP contribution >= 0.6 is 0 Å². The number of benzene rings is 2. The maximum Gasteiger partial charge on any atom is 0.416 e. The first-order chi connectivity index (χ1) is 16.8. The van der Waals surface area contributed by atoms with Gasteiger partial charge in [0, 0.05) is 18.4 Å². The second-order valence-corrected chi connectivity index (χ2v) is 7.10. The number of ether oxygens (including phenoxy) is 3. The lowest BCUT2D eigenvalue weighted by atomic mass is 10.2. The Bertz CT molecular complexity index is 1280. The molecule has 182 valence electrons. The van der Waals surface area contributed by atoms with Gasteiger partial charge >= 0.3 is 6.18 Å². The van der Waals surface area contributed by atoms with E-state index in [9.17, 15) is 13.2 Å². The van der Waals surface area contributed by atoms with Gasteiger partial charge in [0.25, 0.3) is 0 Å². The van der Waals surface area contributed by atoms with E-state index in [1.807, 2.05) is 0 Å². The zero-order valence-corrected chi connectivity index (χ0v) is 18.3. The van der Waals surface area contributed by atoms with Crippen LogP contribution in [0.25, 0.3) is 11.4 Å². The molecule has 4 rings (SSSR count). The van der Waals surface area contributed by atoms with E-state index >= 15 is 0 Å². The molecule has 0 aliphatic rings. The first kappa shape index (κ1) is 23.8. The number of hydrogen-bond acceptors (Lipinski definition) is 9. The van der Waals surface area contributed by atoms with Crippen molar-refractivity contribution in [2.75, 3.05) is 31.4 Å². The third kappa shape index (κ3) is 6.35. The van der Waals surface area contributed by atoms with E-state index in [1.165, 1.54) is 18.2 Å². The monoisotopic (exact) mass is 487 g/mol. The molecule has 0 saturated carbocycles. The molecule has 0 unspecified atom stereocenters. The van der Waals surface area contributed by atoms with Crippen molar-refractivity contribution in [2.45, 2.75) is 6.18 Å². The molecule has 0 fully saturated rings. The van der Waals surface area contributed by atoms with Gasteiger partial charge in [0.2, 0.25) is 23.7 Å². The summed E-state index contributed by atoms with van der Waals surface area (Å²) >= 11 is 0. The predicted octanol–water partition coefficient (Wildman–Crippen LogP) is 4.42. The molecule has 13 heteroatoms. The summed E-state index contributed by atoms with van der Waals surface area (Å²) in [5.74, 6) is 1.52. The molecule has 4 aromatic rings. The molecule has 2 aromatic carbocycles. The Morgan fingerprint density at radius 2 is 1.74 bits per heavy atom. The fourth-order valence-electron chi connectivity index (χ4n) is 2.94. The normalized spacial score (nSPS) is 11.3. The maximum atomic E-state index is 12.9. The highest BCUT2D eigenvalue weighted by atomic mass is 19.4. The number of aromatic nitrogens is 5. The van der Waals surface area contributed by atoms with E-state index in [2.05, 4.69) is 30.5 Å². The smallest absolute Gasteiger partial charge is 0.416 e. The second kappa shape index (κ2) is 10.3. The molecule has 2 heterocycles. The Hall–Kier alpha value is -4.39. The van der Waals surface area contributed by atoms with Gasteiger partial charge in [-0.1, -0.05) is 6.07 Å². The number of alkyl halides is 3. The molecule has 0 amide bonds. The van der Waals surface area contributed by atoms with E-state index in [1.54, 1.807) is 31.4 Å². The summed E-state index contributed by atoms with van der Waals surface area (Å²) in [6.07, 6.45) is -4.44. The molecule has 0 spiro atoms. The van der Waals surface area contributed by atoms with Crippen LogP contribution in [0.3, 0.4) is 0 Å². The summed E-state index contributed by atoms with van der Waals surface area (Å²) in [6.45, 7) is 0.684. The Morgan fingerprint density at radius 3 is 2.49 bits per heavy atom. The van der Waals surface area contributed by atoms with Gasteiger partial charge < -0.3 is 30.2 Å². The summed E-state index contributed by atoms with van der Waals surface area (Å²) in [6, 6.07) is 13.1. The quantitative estimate of drug-likeness (QED) is 0.293. The van der Waals surface area contributed by atoms with Crippen LogP contribution in [-0.2, 0) is 10.9 Å². The number of aromatic amines is 1. The predicted molar refractivity (Wildman–Crippen MR) is 120 cm³/mol. The number of halogens is 3. The Morgan fingerprint density at radius 1 is 0.971 bits per heavy atom. The average molecular weight is 487 g/mol. The number of nitrogens with one attached hydrogen (secondary N) is 2. The van der Waals surface area contributed by atoms with Crippen LogP contribution in [0, 0.1) is 0 Å². The maximum absolute atomic E-state index is 12.9.